The van der Waals surface area contributed by atoms with Crippen LogP contribution in [-0.2, 0) is 19.6 Å². The Hall–Kier alpha value is -2.71. The Morgan fingerprint density at radius 1 is 1.10 bits per heavy atom. The second-order valence-electron chi connectivity index (χ2n) is 6.87. The predicted molar refractivity (Wildman–Crippen MR) is 109 cm³/mol. The van der Waals surface area contributed by atoms with Gasteiger partial charge in [0.1, 0.15) is 6.04 Å². The minimum absolute atomic E-state index is 0.182. The first-order valence-corrected chi connectivity index (χ1v) is 10.9. The maximum atomic E-state index is 13.0. The first kappa shape index (κ1) is 21.0. The molecule has 7 nitrogen and oxygen atoms in total. The number of nitrogens with one attached hydrogen (secondary N) is 1. The van der Waals surface area contributed by atoms with Gasteiger partial charge in [-0.1, -0.05) is 17.7 Å². The molecule has 1 atom stereocenters. The van der Waals surface area contributed by atoms with Gasteiger partial charge in [-0.2, -0.15) is 4.31 Å². The monoisotopic (exact) mass is 416 g/mol. The van der Waals surface area contributed by atoms with Gasteiger partial charge in [-0.15, -0.1) is 0 Å². The van der Waals surface area contributed by atoms with Crippen molar-refractivity contribution in [3.63, 3.8) is 0 Å². The van der Waals surface area contributed by atoms with E-state index in [0.717, 1.165) is 5.56 Å². The van der Waals surface area contributed by atoms with Gasteiger partial charge in [0.2, 0.25) is 15.9 Å². The molecule has 1 heterocycles. The zero-order valence-corrected chi connectivity index (χ0v) is 17.2. The molecule has 0 aromatic heterocycles. The summed E-state index contributed by atoms with van der Waals surface area (Å²) in [4.78, 5) is 24.7. The summed E-state index contributed by atoms with van der Waals surface area (Å²) >= 11 is 0. The number of hydrogen-bond donors (Lipinski definition) is 1. The largest absolute Gasteiger partial charge is 0.462 e. The first-order chi connectivity index (χ1) is 13.8. The van der Waals surface area contributed by atoms with Gasteiger partial charge in [0.25, 0.3) is 0 Å². The average molecular weight is 416 g/mol. The Kier molecular flexibility index (Phi) is 6.34. The van der Waals surface area contributed by atoms with E-state index in [1.54, 1.807) is 55.5 Å². The second-order valence-corrected chi connectivity index (χ2v) is 8.76. The van der Waals surface area contributed by atoms with Crippen molar-refractivity contribution < 1.29 is 22.7 Å². The summed E-state index contributed by atoms with van der Waals surface area (Å²) < 4.78 is 32.2. The summed E-state index contributed by atoms with van der Waals surface area (Å²) in [6.45, 7) is 4.20. The minimum Gasteiger partial charge on any atom is -0.462 e. The van der Waals surface area contributed by atoms with Crippen molar-refractivity contribution in [3.8, 4) is 0 Å². The third kappa shape index (κ3) is 4.65. The highest BCUT2D eigenvalue weighted by molar-refractivity contribution is 7.89. The van der Waals surface area contributed by atoms with Gasteiger partial charge in [-0.3, -0.25) is 4.79 Å². The Labute approximate surface area is 170 Å². The Morgan fingerprint density at radius 3 is 2.38 bits per heavy atom. The number of nitrogens with zero attached hydrogens (tertiary/aromatic N) is 1. The molecule has 1 amide bonds. The topological polar surface area (TPSA) is 92.8 Å². The van der Waals surface area contributed by atoms with Gasteiger partial charge in [0.15, 0.2) is 0 Å². The van der Waals surface area contributed by atoms with E-state index in [1.807, 2.05) is 6.92 Å². The molecule has 1 aliphatic rings. The molecular weight excluding hydrogens is 392 g/mol. The normalized spacial score (nSPS) is 17.1. The molecule has 0 radical (unpaired) electrons. The number of rotatable bonds is 6. The highest BCUT2D eigenvalue weighted by atomic mass is 32.2. The van der Waals surface area contributed by atoms with Gasteiger partial charge in [0.05, 0.1) is 17.1 Å². The lowest BCUT2D eigenvalue weighted by atomic mass is 10.2. The van der Waals surface area contributed by atoms with Crippen LogP contribution in [0, 0.1) is 6.92 Å². The van der Waals surface area contributed by atoms with Crippen molar-refractivity contribution >= 4 is 27.6 Å². The molecule has 1 N–H and O–H groups in total. The third-order valence-corrected chi connectivity index (χ3v) is 6.72. The minimum atomic E-state index is -3.75. The standard InChI is InChI=1S/C21H24N2O5S/c1-3-28-21(25)16-8-10-17(11-9-16)22-20(24)19-5-4-14-23(19)29(26,27)18-12-6-15(2)7-13-18/h6-13,19H,3-5,14H2,1-2H3,(H,22,24). The highest BCUT2D eigenvalue weighted by Crippen LogP contribution is 2.27. The molecule has 0 saturated carbocycles. The zero-order chi connectivity index (χ0) is 21.0. The molecule has 1 fully saturated rings. The van der Waals surface area contributed by atoms with E-state index in [2.05, 4.69) is 5.32 Å². The van der Waals surface area contributed by atoms with E-state index < -0.39 is 22.0 Å². The highest BCUT2D eigenvalue weighted by Gasteiger charge is 2.39. The average Bonchev–Trinajstić information content (AvgIpc) is 3.20. The molecule has 154 valence electrons. The maximum Gasteiger partial charge on any atom is 0.338 e. The number of amides is 1. The summed E-state index contributed by atoms with van der Waals surface area (Å²) in [5, 5.41) is 2.75. The molecule has 1 unspecified atom stereocenters. The van der Waals surface area contributed by atoms with E-state index in [4.69, 9.17) is 4.74 Å². The number of carbonyl (C=O) groups is 2. The first-order valence-electron chi connectivity index (χ1n) is 9.49. The van der Waals surface area contributed by atoms with E-state index in [9.17, 15) is 18.0 Å². The quantitative estimate of drug-likeness (QED) is 0.731. The van der Waals surface area contributed by atoms with Crippen molar-refractivity contribution in [3.05, 3.63) is 59.7 Å². The Balaban J connectivity index is 1.73. The number of anilines is 1. The molecule has 2 aromatic carbocycles. The van der Waals surface area contributed by atoms with Crippen LogP contribution in [0.15, 0.2) is 53.4 Å². The number of hydrogen-bond acceptors (Lipinski definition) is 5. The molecule has 29 heavy (non-hydrogen) atoms. The van der Waals surface area contributed by atoms with Crippen molar-refractivity contribution in [2.75, 3.05) is 18.5 Å². The molecular formula is C21H24N2O5S. The Morgan fingerprint density at radius 2 is 1.76 bits per heavy atom. The van der Waals surface area contributed by atoms with Gasteiger partial charge in [0, 0.05) is 12.2 Å². The summed E-state index contributed by atoms with van der Waals surface area (Å²) in [7, 11) is -3.75. The van der Waals surface area contributed by atoms with Crippen LogP contribution in [0.1, 0.15) is 35.7 Å². The van der Waals surface area contributed by atoms with Gasteiger partial charge in [-0.05, 0) is 63.1 Å². The lowest BCUT2D eigenvalue weighted by Gasteiger charge is -2.23. The lowest BCUT2D eigenvalue weighted by molar-refractivity contribution is -0.119. The molecule has 1 saturated heterocycles. The zero-order valence-electron chi connectivity index (χ0n) is 16.4. The summed E-state index contributed by atoms with van der Waals surface area (Å²) in [5.74, 6) is -0.821. The maximum absolute atomic E-state index is 13.0. The van der Waals surface area contributed by atoms with E-state index in [0.29, 0.717) is 30.6 Å². The fraction of sp³-hybridized carbons (Fsp3) is 0.333. The molecule has 2 aromatic rings. The number of esters is 1. The molecule has 1 aliphatic heterocycles. The van der Waals surface area contributed by atoms with Gasteiger partial charge in [-0.25, -0.2) is 13.2 Å². The van der Waals surface area contributed by atoms with Gasteiger partial charge >= 0.3 is 5.97 Å². The smallest absolute Gasteiger partial charge is 0.338 e. The molecule has 0 aliphatic carbocycles. The van der Waals surface area contributed by atoms with E-state index in [1.165, 1.54) is 4.31 Å². The SMILES string of the molecule is CCOC(=O)c1ccc(NC(=O)C2CCCN2S(=O)(=O)c2ccc(C)cc2)cc1. The number of ether oxygens (including phenoxy) is 1. The van der Waals surface area contributed by atoms with Crippen LogP contribution in [0.4, 0.5) is 5.69 Å². The van der Waals surface area contributed by atoms with Crippen LogP contribution >= 0.6 is 0 Å². The van der Waals surface area contributed by atoms with Crippen molar-refractivity contribution in [2.24, 2.45) is 0 Å². The Bertz CT molecular complexity index is 985. The second kappa shape index (κ2) is 8.75. The summed E-state index contributed by atoms with van der Waals surface area (Å²) in [6, 6.07) is 12.1. The predicted octanol–water partition coefficient (Wildman–Crippen LogP) is 2.96. The summed E-state index contributed by atoms with van der Waals surface area (Å²) in [5.41, 5.74) is 1.84. The van der Waals surface area contributed by atoms with Gasteiger partial charge < -0.3 is 10.1 Å². The lowest BCUT2D eigenvalue weighted by Crippen LogP contribution is -2.43. The van der Waals surface area contributed by atoms with Crippen molar-refractivity contribution in [1.29, 1.82) is 0 Å². The van der Waals surface area contributed by atoms with Crippen LogP contribution in [0.3, 0.4) is 0 Å². The van der Waals surface area contributed by atoms with Crippen molar-refractivity contribution in [2.45, 2.75) is 37.6 Å². The summed E-state index contributed by atoms with van der Waals surface area (Å²) in [6.07, 6.45) is 1.07. The fourth-order valence-electron chi connectivity index (χ4n) is 3.27. The number of sulfonamides is 1. The molecule has 0 bridgehead atoms. The van der Waals surface area contributed by atoms with Crippen LogP contribution < -0.4 is 5.32 Å². The fourth-order valence-corrected chi connectivity index (χ4v) is 4.92. The molecule has 8 heteroatoms. The number of carbonyl (C=O) groups excluding carboxylic acids is 2. The van der Waals surface area contributed by atoms with Crippen LogP contribution in [0.25, 0.3) is 0 Å². The molecule has 0 spiro atoms. The van der Waals surface area contributed by atoms with E-state index in [-0.39, 0.29) is 17.4 Å². The van der Waals surface area contributed by atoms with Crippen molar-refractivity contribution in [1.82, 2.24) is 4.31 Å². The third-order valence-electron chi connectivity index (χ3n) is 4.80. The number of aryl methyl sites for hydroxylation is 1. The van der Waals surface area contributed by atoms with Crippen LogP contribution in [-0.4, -0.2) is 43.8 Å². The van der Waals surface area contributed by atoms with E-state index >= 15 is 0 Å². The molecule has 3 rings (SSSR count). The van der Waals surface area contributed by atoms with Crippen LogP contribution in [0.2, 0.25) is 0 Å². The number of benzene rings is 2. The van der Waals surface area contributed by atoms with Crippen LogP contribution in [0.5, 0.6) is 0 Å².